The van der Waals surface area contributed by atoms with Gasteiger partial charge in [0, 0.05) is 18.4 Å². The van der Waals surface area contributed by atoms with E-state index in [1.54, 1.807) is 6.92 Å². The van der Waals surface area contributed by atoms with Gasteiger partial charge in [0.1, 0.15) is 12.7 Å². The number of ether oxygens (including phenoxy) is 2. The highest BCUT2D eigenvalue weighted by Crippen LogP contribution is 2.77. The summed E-state index contributed by atoms with van der Waals surface area (Å²) in [6.07, 6.45) is 10.8. The number of esters is 2. The van der Waals surface area contributed by atoms with E-state index in [0.29, 0.717) is 30.3 Å². The van der Waals surface area contributed by atoms with Crippen molar-refractivity contribution < 1.29 is 19.1 Å². The fraction of sp³-hybridized carbons (Fsp3) is 0.789. The number of carbonyl (C=O) groups is 2. The van der Waals surface area contributed by atoms with E-state index in [9.17, 15) is 9.59 Å². The number of fused-ring (bicyclic) bond motifs is 7. The van der Waals surface area contributed by atoms with Gasteiger partial charge in [-0.25, -0.2) is 0 Å². The fourth-order valence-electron chi connectivity index (χ4n) is 12.8. The number of benzene rings is 1. The van der Waals surface area contributed by atoms with Crippen LogP contribution < -0.4 is 5.73 Å². The van der Waals surface area contributed by atoms with Gasteiger partial charge in [-0.15, -0.1) is 0 Å². The summed E-state index contributed by atoms with van der Waals surface area (Å²) in [5, 5.41) is 0. The van der Waals surface area contributed by atoms with Crippen molar-refractivity contribution >= 4 is 11.9 Å². The number of hydrogen-bond acceptors (Lipinski definition) is 5. The topological polar surface area (TPSA) is 78.6 Å². The molecule has 5 nitrogen and oxygen atoms in total. The van der Waals surface area contributed by atoms with Crippen molar-refractivity contribution in [3.8, 4) is 0 Å². The minimum absolute atomic E-state index is 0.00170. The molecule has 2 N–H and O–H groups in total. The van der Waals surface area contributed by atoms with Gasteiger partial charge < -0.3 is 15.2 Å². The van der Waals surface area contributed by atoms with Crippen molar-refractivity contribution in [3.05, 3.63) is 35.9 Å². The van der Waals surface area contributed by atoms with Crippen LogP contribution >= 0.6 is 0 Å². The van der Waals surface area contributed by atoms with Gasteiger partial charge in [-0.2, -0.15) is 0 Å². The average molecular weight is 592 g/mol. The van der Waals surface area contributed by atoms with Gasteiger partial charge in [-0.3, -0.25) is 9.59 Å². The summed E-state index contributed by atoms with van der Waals surface area (Å²) in [6.45, 7) is 16.6. The first-order valence-corrected chi connectivity index (χ1v) is 17.3. The van der Waals surface area contributed by atoms with E-state index in [-0.39, 0.29) is 51.7 Å². The molecule has 0 saturated heterocycles. The van der Waals surface area contributed by atoms with Gasteiger partial charge >= 0.3 is 11.9 Å². The van der Waals surface area contributed by atoms with Crippen LogP contribution in [0.15, 0.2) is 30.3 Å². The molecule has 5 aliphatic carbocycles. The third kappa shape index (κ3) is 4.48. The Labute approximate surface area is 260 Å². The van der Waals surface area contributed by atoms with E-state index in [4.69, 9.17) is 15.2 Å². The van der Waals surface area contributed by atoms with Crippen LogP contribution in [-0.4, -0.2) is 24.1 Å². The minimum Gasteiger partial charge on any atom is -0.462 e. The van der Waals surface area contributed by atoms with Gasteiger partial charge in [0.05, 0.1) is 5.41 Å². The molecule has 5 fully saturated rings. The molecule has 1 aromatic carbocycles. The third-order valence-corrected chi connectivity index (χ3v) is 15.0. The lowest BCUT2D eigenvalue weighted by molar-refractivity contribution is -0.251. The molecule has 5 heteroatoms. The normalized spacial score (nSPS) is 45.5. The summed E-state index contributed by atoms with van der Waals surface area (Å²) in [4.78, 5) is 26.2. The number of nitrogens with two attached hydrogens (primary N) is 1. The maximum absolute atomic E-state index is 14.2. The maximum atomic E-state index is 14.2. The maximum Gasteiger partial charge on any atom is 0.312 e. The summed E-state index contributed by atoms with van der Waals surface area (Å²) in [5.74, 6) is 2.17. The molecule has 0 radical (unpaired) electrons. The first kappa shape index (κ1) is 31.1. The second kappa shape index (κ2) is 10.6. The van der Waals surface area contributed by atoms with Gasteiger partial charge in [0.2, 0.25) is 0 Å². The molecule has 5 saturated carbocycles. The molecular formula is C38H57NO4. The first-order chi connectivity index (χ1) is 20.2. The molecule has 0 bridgehead atoms. The largest absolute Gasteiger partial charge is 0.462 e. The highest BCUT2D eigenvalue weighted by atomic mass is 16.5. The molecule has 5 aliphatic rings. The van der Waals surface area contributed by atoms with Crippen LogP contribution in [0.4, 0.5) is 0 Å². The summed E-state index contributed by atoms with van der Waals surface area (Å²) >= 11 is 0. The standard InChI is InChI=1S/C38H57NO4/c1-24(39)27-15-20-38(33(41)42-23-26-11-9-8-10-12-26)22-21-36(6)28(32(27)38)13-14-30-35(5)18-17-31(43-25(2)40)34(3,4)29(35)16-19-37(30,36)7/h8-12,24,27-32H,13-23,39H2,1-7H3/t24-,27+,28-,29+,30-,31+,32-,35+,36-,37-,38+/m1/s1. The predicted molar refractivity (Wildman–Crippen MR) is 170 cm³/mol. The Morgan fingerprint density at radius 1 is 0.860 bits per heavy atom. The van der Waals surface area contributed by atoms with Gasteiger partial charge in [0.15, 0.2) is 0 Å². The van der Waals surface area contributed by atoms with E-state index in [2.05, 4.69) is 41.5 Å². The summed E-state index contributed by atoms with van der Waals surface area (Å²) < 4.78 is 12.1. The second-order valence-electron chi connectivity index (χ2n) is 16.9. The summed E-state index contributed by atoms with van der Waals surface area (Å²) in [6, 6.07) is 10.2. The molecule has 0 aliphatic heterocycles. The monoisotopic (exact) mass is 591 g/mol. The van der Waals surface area contributed by atoms with Crippen molar-refractivity contribution in [1.29, 1.82) is 0 Å². The van der Waals surface area contributed by atoms with E-state index in [1.165, 1.54) is 25.7 Å². The summed E-state index contributed by atoms with van der Waals surface area (Å²) in [5.41, 5.74) is 7.95. The van der Waals surface area contributed by atoms with Crippen molar-refractivity contribution in [3.63, 3.8) is 0 Å². The lowest BCUT2D eigenvalue weighted by Crippen LogP contribution is -2.67. The molecule has 0 aromatic heterocycles. The average Bonchev–Trinajstić information content (AvgIpc) is 3.35. The first-order valence-electron chi connectivity index (χ1n) is 17.3. The van der Waals surface area contributed by atoms with Crippen LogP contribution in [-0.2, 0) is 25.7 Å². The molecule has 43 heavy (non-hydrogen) atoms. The van der Waals surface area contributed by atoms with Crippen LogP contribution in [0, 0.1) is 56.7 Å². The van der Waals surface area contributed by atoms with Crippen molar-refractivity contribution in [2.45, 2.75) is 131 Å². The SMILES string of the molecule is CC(=O)O[C@H]1CC[C@]2(C)[C@H]3CC[C@@H]4[C@H]5[C@H]([C@@H](C)N)CC[C@]5(C(=O)OCc5ccccc5)CC[C@@]4(C)[C@]3(C)CC[C@H]2C1(C)C. The highest BCUT2D eigenvalue weighted by Gasteiger charge is 2.72. The number of hydrogen-bond donors (Lipinski definition) is 1. The number of rotatable bonds is 5. The summed E-state index contributed by atoms with van der Waals surface area (Å²) in [7, 11) is 0. The van der Waals surface area contributed by atoms with E-state index in [0.717, 1.165) is 44.1 Å². The van der Waals surface area contributed by atoms with Gasteiger partial charge in [-0.1, -0.05) is 65.0 Å². The Bertz CT molecular complexity index is 1230. The molecular weight excluding hydrogens is 534 g/mol. The minimum atomic E-state index is -0.411. The van der Waals surface area contributed by atoms with Gasteiger partial charge in [0.25, 0.3) is 0 Å². The smallest absolute Gasteiger partial charge is 0.312 e. The molecule has 0 spiro atoms. The highest BCUT2D eigenvalue weighted by molar-refractivity contribution is 5.78. The van der Waals surface area contributed by atoms with Crippen LogP contribution in [0.2, 0.25) is 0 Å². The van der Waals surface area contributed by atoms with Crippen LogP contribution in [0.1, 0.15) is 118 Å². The van der Waals surface area contributed by atoms with Crippen LogP contribution in [0.3, 0.4) is 0 Å². The molecule has 0 heterocycles. The van der Waals surface area contributed by atoms with Crippen LogP contribution in [0.25, 0.3) is 0 Å². The molecule has 238 valence electrons. The Morgan fingerprint density at radius 2 is 1.58 bits per heavy atom. The zero-order valence-corrected chi connectivity index (χ0v) is 27.9. The van der Waals surface area contributed by atoms with Crippen molar-refractivity contribution in [2.75, 3.05) is 0 Å². The Morgan fingerprint density at radius 3 is 2.26 bits per heavy atom. The van der Waals surface area contributed by atoms with Gasteiger partial charge in [-0.05, 0) is 123 Å². The second-order valence-corrected chi connectivity index (χ2v) is 16.9. The van der Waals surface area contributed by atoms with Crippen LogP contribution in [0.5, 0.6) is 0 Å². The van der Waals surface area contributed by atoms with Crippen molar-refractivity contribution in [1.82, 2.24) is 0 Å². The molecule has 1 aromatic rings. The van der Waals surface area contributed by atoms with E-state index < -0.39 is 5.41 Å². The Balaban J connectivity index is 1.31. The molecule has 11 atom stereocenters. The zero-order valence-electron chi connectivity index (χ0n) is 27.9. The molecule has 0 amide bonds. The lowest BCUT2D eigenvalue weighted by atomic mass is 9.32. The lowest BCUT2D eigenvalue weighted by Gasteiger charge is -2.72. The van der Waals surface area contributed by atoms with E-state index >= 15 is 0 Å². The number of carbonyl (C=O) groups excluding carboxylic acids is 2. The van der Waals surface area contributed by atoms with Crippen molar-refractivity contribution in [2.24, 2.45) is 62.4 Å². The van der Waals surface area contributed by atoms with E-state index in [1.807, 2.05) is 30.3 Å². The zero-order chi connectivity index (χ0) is 31.0. The molecule has 0 unspecified atom stereocenters. The Kier molecular flexibility index (Phi) is 7.67. The fourth-order valence-corrected chi connectivity index (χ4v) is 12.8. The predicted octanol–water partition coefficient (Wildman–Crippen LogP) is 8.09. The quantitative estimate of drug-likeness (QED) is 0.350. The molecule has 6 rings (SSSR count). The third-order valence-electron chi connectivity index (χ3n) is 15.0. The Hall–Kier alpha value is -1.88.